The monoisotopic (exact) mass is 299 g/mol. The van der Waals surface area contributed by atoms with Gasteiger partial charge in [-0.05, 0) is 18.4 Å². The van der Waals surface area contributed by atoms with E-state index in [1.807, 2.05) is 35.2 Å². The molecule has 1 N–H and O–H groups in total. The maximum atomic E-state index is 11.5. The molecule has 1 aliphatic heterocycles. The van der Waals surface area contributed by atoms with E-state index in [0.29, 0.717) is 12.4 Å². The number of anilines is 2. The second-order valence-electron chi connectivity index (χ2n) is 5.18. The SMILES string of the molecule is O=[N+]([O-])c1c(NCc2ccccc2)ncnc1N1CCCC1. The first kappa shape index (κ1) is 14.2. The average molecular weight is 299 g/mol. The smallest absolute Gasteiger partial charge is 0.353 e. The first-order valence-corrected chi connectivity index (χ1v) is 7.28. The highest BCUT2D eigenvalue weighted by Gasteiger charge is 2.28. The molecule has 7 heteroatoms. The van der Waals surface area contributed by atoms with Crippen LogP contribution in [0.15, 0.2) is 36.7 Å². The lowest BCUT2D eigenvalue weighted by Gasteiger charge is -2.17. The van der Waals surface area contributed by atoms with Gasteiger partial charge in [-0.2, -0.15) is 0 Å². The topological polar surface area (TPSA) is 84.2 Å². The minimum atomic E-state index is -0.402. The van der Waals surface area contributed by atoms with Crippen molar-refractivity contribution in [3.05, 3.63) is 52.3 Å². The van der Waals surface area contributed by atoms with Crippen LogP contribution >= 0.6 is 0 Å². The maximum absolute atomic E-state index is 11.5. The summed E-state index contributed by atoms with van der Waals surface area (Å²) in [6.07, 6.45) is 3.45. The summed E-state index contributed by atoms with van der Waals surface area (Å²) in [5, 5.41) is 14.5. The molecule has 0 bridgehead atoms. The first-order valence-electron chi connectivity index (χ1n) is 7.28. The van der Waals surface area contributed by atoms with Crippen molar-refractivity contribution in [3.8, 4) is 0 Å². The summed E-state index contributed by atoms with van der Waals surface area (Å²) in [5.74, 6) is 0.679. The highest BCUT2D eigenvalue weighted by atomic mass is 16.6. The van der Waals surface area contributed by atoms with Crippen LogP contribution in [0.25, 0.3) is 0 Å². The third kappa shape index (κ3) is 2.98. The number of hydrogen-bond donors (Lipinski definition) is 1. The molecule has 1 aromatic carbocycles. The molecule has 1 fully saturated rings. The zero-order valence-electron chi connectivity index (χ0n) is 12.1. The van der Waals surface area contributed by atoms with Crippen LogP contribution in [0, 0.1) is 10.1 Å². The minimum Gasteiger partial charge on any atom is -0.360 e. The average Bonchev–Trinajstić information content (AvgIpc) is 3.07. The normalized spacial score (nSPS) is 14.1. The highest BCUT2D eigenvalue weighted by Crippen LogP contribution is 2.33. The lowest BCUT2D eigenvalue weighted by atomic mass is 10.2. The van der Waals surface area contributed by atoms with Gasteiger partial charge in [0.1, 0.15) is 6.33 Å². The lowest BCUT2D eigenvalue weighted by Crippen LogP contribution is -2.21. The van der Waals surface area contributed by atoms with Gasteiger partial charge in [-0.15, -0.1) is 0 Å². The van der Waals surface area contributed by atoms with Crippen molar-refractivity contribution in [2.24, 2.45) is 0 Å². The van der Waals surface area contributed by atoms with Crippen molar-refractivity contribution >= 4 is 17.3 Å². The largest absolute Gasteiger partial charge is 0.360 e. The van der Waals surface area contributed by atoms with Gasteiger partial charge in [0.2, 0.25) is 11.6 Å². The van der Waals surface area contributed by atoms with E-state index in [2.05, 4.69) is 15.3 Å². The van der Waals surface area contributed by atoms with Crippen LogP contribution in [-0.4, -0.2) is 28.0 Å². The fraction of sp³-hybridized carbons (Fsp3) is 0.333. The van der Waals surface area contributed by atoms with Crippen molar-refractivity contribution < 1.29 is 4.92 Å². The Balaban J connectivity index is 1.86. The Morgan fingerprint density at radius 2 is 1.91 bits per heavy atom. The molecular weight excluding hydrogens is 282 g/mol. The van der Waals surface area contributed by atoms with Crippen molar-refractivity contribution in [2.45, 2.75) is 19.4 Å². The Labute approximate surface area is 128 Å². The molecule has 0 aliphatic carbocycles. The standard InChI is InChI=1S/C15H17N5O2/c21-20(22)13-14(16-10-12-6-2-1-3-7-12)17-11-18-15(13)19-8-4-5-9-19/h1-3,6-7,11H,4-5,8-10H2,(H,16,17,18). The van der Waals surface area contributed by atoms with Crippen LogP contribution in [0.4, 0.5) is 17.3 Å². The molecule has 0 spiro atoms. The maximum Gasteiger partial charge on any atom is 0.353 e. The molecule has 1 aromatic heterocycles. The Morgan fingerprint density at radius 3 is 2.59 bits per heavy atom. The number of nitro groups is 1. The summed E-state index contributed by atoms with van der Waals surface area (Å²) in [5.41, 5.74) is 0.999. The van der Waals surface area contributed by atoms with Crippen molar-refractivity contribution in [3.63, 3.8) is 0 Å². The molecule has 114 valence electrons. The molecule has 1 aliphatic rings. The quantitative estimate of drug-likeness (QED) is 0.675. The molecule has 0 saturated carbocycles. The van der Waals surface area contributed by atoms with Crippen molar-refractivity contribution in [2.75, 3.05) is 23.3 Å². The Morgan fingerprint density at radius 1 is 1.18 bits per heavy atom. The predicted octanol–water partition coefficient (Wildman–Crippen LogP) is 2.60. The number of hydrogen-bond acceptors (Lipinski definition) is 6. The van der Waals surface area contributed by atoms with Gasteiger partial charge in [-0.3, -0.25) is 10.1 Å². The van der Waals surface area contributed by atoms with Gasteiger partial charge in [-0.25, -0.2) is 9.97 Å². The third-order valence-corrected chi connectivity index (χ3v) is 3.69. The molecule has 2 aromatic rings. The molecule has 7 nitrogen and oxygen atoms in total. The summed E-state index contributed by atoms with van der Waals surface area (Å²) in [4.78, 5) is 21.2. The van der Waals surface area contributed by atoms with E-state index in [-0.39, 0.29) is 11.5 Å². The van der Waals surface area contributed by atoms with Crippen LogP contribution < -0.4 is 10.2 Å². The van der Waals surface area contributed by atoms with Gasteiger partial charge < -0.3 is 10.2 Å². The molecule has 0 amide bonds. The number of aromatic nitrogens is 2. The van der Waals surface area contributed by atoms with Gasteiger partial charge >= 0.3 is 5.69 Å². The Kier molecular flexibility index (Phi) is 4.13. The molecule has 22 heavy (non-hydrogen) atoms. The van der Waals surface area contributed by atoms with E-state index in [1.54, 1.807) is 0 Å². The summed E-state index contributed by atoms with van der Waals surface area (Å²) in [7, 11) is 0. The van der Waals surface area contributed by atoms with E-state index >= 15 is 0 Å². The molecule has 0 unspecified atom stereocenters. The van der Waals surface area contributed by atoms with Gasteiger partial charge in [-0.1, -0.05) is 30.3 Å². The number of nitrogens with one attached hydrogen (secondary N) is 1. The van der Waals surface area contributed by atoms with Crippen molar-refractivity contribution in [1.82, 2.24) is 9.97 Å². The molecular formula is C15H17N5O2. The van der Waals surface area contributed by atoms with E-state index in [4.69, 9.17) is 0 Å². The second kappa shape index (κ2) is 6.38. The highest BCUT2D eigenvalue weighted by molar-refractivity contribution is 5.70. The van der Waals surface area contributed by atoms with Gasteiger partial charge in [0, 0.05) is 19.6 Å². The zero-order valence-corrected chi connectivity index (χ0v) is 12.1. The third-order valence-electron chi connectivity index (χ3n) is 3.69. The van der Waals surface area contributed by atoms with E-state index in [0.717, 1.165) is 31.5 Å². The fourth-order valence-electron chi connectivity index (χ4n) is 2.61. The van der Waals surface area contributed by atoms with Crippen LogP contribution in [0.5, 0.6) is 0 Å². The minimum absolute atomic E-state index is 0.0414. The zero-order chi connectivity index (χ0) is 15.4. The lowest BCUT2D eigenvalue weighted by molar-refractivity contribution is -0.383. The fourth-order valence-corrected chi connectivity index (χ4v) is 2.61. The Bertz CT molecular complexity index is 656. The summed E-state index contributed by atoms with van der Waals surface area (Å²) in [6.45, 7) is 2.09. The molecule has 3 rings (SSSR count). The van der Waals surface area contributed by atoms with Gasteiger partial charge in [0.05, 0.1) is 4.92 Å². The Hall–Kier alpha value is -2.70. The summed E-state index contributed by atoms with van der Waals surface area (Å²) in [6, 6.07) is 9.72. The van der Waals surface area contributed by atoms with Crippen LogP contribution in [-0.2, 0) is 6.54 Å². The first-order chi connectivity index (χ1) is 10.8. The second-order valence-corrected chi connectivity index (χ2v) is 5.18. The van der Waals surface area contributed by atoms with E-state index < -0.39 is 4.92 Å². The van der Waals surface area contributed by atoms with Gasteiger partial charge in [0.25, 0.3) is 0 Å². The number of benzene rings is 1. The summed E-state index contributed by atoms with van der Waals surface area (Å²) >= 11 is 0. The predicted molar refractivity (Wildman–Crippen MR) is 83.9 cm³/mol. The van der Waals surface area contributed by atoms with E-state index in [1.165, 1.54) is 6.33 Å². The molecule has 0 radical (unpaired) electrons. The van der Waals surface area contributed by atoms with Crippen LogP contribution in [0.2, 0.25) is 0 Å². The molecule has 0 atom stereocenters. The summed E-state index contributed by atoms with van der Waals surface area (Å²) < 4.78 is 0. The van der Waals surface area contributed by atoms with Gasteiger partial charge in [0.15, 0.2) is 0 Å². The van der Waals surface area contributed by atoms with Crippen LogP contribution in [0.1, 0.15) is 18.4 Å². The molecule has 2 heterocycles. The number of nitrogens with zero attached hydrogens (tertiary/aromatic N) is 4. The molecule has 1 saturated heterocycles. The van der Waals surface area contributed by atoms with Crippen molar-refractivity contribution in [1.29, 1.82) is 0 Å². The number of rotatable bonds is 5. The van der Waals surface area contributed by atoms with Crippen LogP contribution in [0.3, 0.4) is 0 Å². The van der Waals surface area contributed by atoms with E-state index in [9.17, 15) is 10.1 Å².